The van der Waals surface area contributed by atoms with Crippen molar-refractivity contribution in [3.63, 3.8) is 0 Å². The molecule has 0 aromatic carbocycles. The molecular formula is C12H24N2O2. The molecule has 94 valence electrons. The minimum Gasteiger partial charge on any atom is -0.444 e. The van der Waals surface area contributed by atoms with Crippen LogP contribution in [0.4, 0.5) is 4.79 Å². The Morgan fingerprint density at radius 1 is 1.31 bits per heavy atom. The van der Waals surface area contributed by atoms with Gasteiger partial charge in [-0.2, -0.15) is 0 Å². The Labute approximate surface area is 98.3 Å². The molecule has 1 aliphatic rings. The lowest BCUT2D eigenvalue weighted by Gasteiger charge is -2.42. The largest absolute Gasteiger partial charge is 0.444 e. The van der Waals surface area contributed by atoms with E-state index in [-0.39, 0.29) is 12.1 Å². The molecule has 0 bridgehead atoms. The Balaban J connectivity index is 2.67. The summed E-state index contributed by atoms with van der Waals surface area (Å²) in [5, 5.41) is 3.43. The van der Waals surface area contributed by atoms with Gasteiger partial charge >= 0.3 is 6.09 Å². The van der Waals surface area contributed by atoms with E-state index < -0.39 is 5.60 Å². The van der Waals surface area contributed by atoms with Crippen molar-refractivity contribution >= 4 is 6.09 Å². The SMILES string of the molecule is C[C@@H]1CN(C(=O)OC(C)(C)C)[C@H](C)[C@H](C)N1. The molecule has 4 heteroatoms. The molecule has 3 atom stereocenters. The highest BCUT2D eigenvalue weighted by Gasteiger charge is 2.33. The Morgan fingerprint density at radius 3 is 2.38 bits per heavy atom. The lowest BCUT2D eigenvalue weighted by Crippen LogP contribution is -2.61. The van der Waals surface area contributed by atoms with Gasteiger partial charge in [-0.05, 0) is 41.5 Å². The molecule has 0 radical (unpaired) electrons. The smallest absolute Gasteiger partial charge is 0.410 e. The fourth-order valence-electron chi connectivity index (χ4n) is 1.93. The molecule has 1 rings (SSSR count). The summed E-state index contributed by atoms with van der Waals surface area (Å²) in [5.41, 5.74) is -0.422. The van der Waals surface area contributed by atoms with Crippen LogP contribution in [0.5, 0.6) is 0 Å². The highest BCUT2D eigenvalue weighted by atomic mass is 16.6. The minimum atomic E-state index is -0.422. The second-order valence-electron chi connectivity index (χ2n) is 5.73. The summed E-state index contributed by atoms with van der Waals surface area (Å²) >= 11 is 0. The fraction of sp³-hybridized carbons (Fsp3) is 0.917. The van der Waals surface area contributed by atoms with Crippen molar-refractivity contribution in [2.24, 2.45) is 0 Å². The Kier molecular flexibility index (Phi) is 3.84. The third kappa shape index (κ3) is 3.37. The molecule has 0 aromatic rings. The Hall–Kier alpha value is -0.770. The van der Waals surface area contributed by atoms with E-state index >= 15 is 0 Å². The minimum absolute atomic E-state index is 0.172. The number of rotatable bonds is 0. The molecule has 0 aromatic heterocycles. The number of carbonyl (C=O) groups excluding carboxylic acids is 1. The van der Waals surface area contributed by atoms with E-state index in [9.17, 15) is 4.79 Å². The zero-order chi connectivity index (χ0) is 12.5. The highest BCUT2D eigenvalue weighted by molar-refractivity contribution is 5.68. The first-order valence-electron chi connectivity index (χ1n) is 5.96. The topological polar surface area (TPSA) is 41.6 Å². The van der Waals surface area contributed by atoms with Crippen molar-refractivity contribution in [1.82, 2.24) is 10.2 Å². The number of nitrogens with zero attached hydrogens (tertiary/aromatic N) is 1. The van der Waals surface area contributed by atoms with Gasteiger partial charge in [-0.15, -0.1) is 0 Å². The average Bonchev–Trinajstić information content (AvgIpc) is 2.08. The average molecular weight is 228 g/mol. The Morgan fingerprint density at radius 2 is 1.88 bits per heavy atom. The number of hydrogen-bond acceptors (Lipinski definition) is 3. The molecule has 1 N–H and O–H groups in total. The molecule has 1 amide bonds. The fourth-order valence-corrected chi connectivity index (χ4v) is 1.93. The van der Waals surface area contributed by atoms with Crippen LogP contribution in [0.3, 0.4) is 0 Å². The molecule has 1 heterocycles. The van der Waals surface area contributed by atoms with E-state index in [0.717, 1.165) is 0 Å². The van der Waals surface area contributed by atoms with E-state index in [1.165, 1.54) is 0 Å². The lowest BCUT2D eigenvalue weighted by atomic mass is 10.0. The van der Waals surface area contributed by atoms with Crippen LogP contribution >= 0.6 is 0 Å². The molecule has 0 aliphatic carbocycles. The maximum absolute atomic E-state index is 12.0. The van der Waals surface area contributed by atoms with Crippen LogP contribution in [0.2, 0.25) is 0 Å². The standard InChI is InChI=1S/C12H24N2O2/c1-8-7-14(10(3)9(2)13-8)11(15)16-12(4,5)6/h8-10,13H,7H2,1-6H3/t8-,9+,10-/m1/s1. The second kappa shape index (κ2) is 4.62. The molecule has 1 fully saturated rings. The van der Waals surface area contributed by atoms with Gasteiger partial charge in [0.15, 0.2) is 0 Å². The van der Waals surface area contributed by atoms with Gasteiger partial charge < -0.3 is 15.0 Å². The van der Waals surface area contributed by atoms with E-state index in [4.69, 9.17) is 4.74 Å². The zero-order valence-corrected chi connectivity index (χ0v) is 11.2. The molecule has 1 aliphatic heterocycles. The van der Waals surface area contributed by atoms with Gasteiger partial charge in [-0.25, -0.2) is 4.79 Å². The number of amides is 1. The third-order valence-electron chi connectivity index (χ3n) is 2.86. The molecule has 0 unspecified atom stereocenters. The normalized spacial score (nSPS) is 31.4. The van der Waals surface area contributed by atoms with Crippen LogP contribution in [0.25, 0.3) is 0 Å². The maximum Gasteiger partial charge on any atom is 0.410 e. The van der Waals surface area contributed by atoms with E-state index in [1.54, 1.807) is 0 Å². The molecular weight excluding hydrogens is 204 g/mol. The summed E-state index contributed by atoms with van der Waals surface area (Å²) in [4.78, 5) is 13.8. The van der Waals surface area contributed by atoms with Crippen LogP contribution in [0.15, 0.2) is 0 Å². The van der Waals surface area contributed by atoms with Gasteiger partial charge in [0.2, 0.25) is 0 Å². The predicted molar refractivity (Wildman–Crippen MR) is 64.5 cm³/mol. The van der Waals surface area contributed by atoms with Gasteiger partial charge in [0, 0.05) is 24.7 Å². The van der Waals surface area contributed by atoms with Crippen LogP contribution in [-0.4, -0.2) is 41.3 Å². The van der Waals surface area contributed by atoms with Crippen molar-refractivity contribution < 1.29 is 9.53 Å². The molecule has 0 spiro atoms. The summed E-state index contributed by atoms with van der Waals surface area (Å²) in [6.45, 7) is 12.6. The summed E-state index contributed by atoms with van der Waals surface area (Å²) < 4.78 is 5.40. The summed E-state index contributed by atoms with van der Waals surface area (Å²) in [5.74, 6) is 0. The second-order valence-corrected chi connectivity index (χ2v) is 5.73. The van der Waals surface area contributed by atoms with E-state index in [1.807, 2.05) is 32.6 Å². The van der Waals surface area contributed by atoms with E-state index in [0.29, 0.717) is 18.6 Å². The van der Waals surface area contributed by atoms with Gasteiger partial charge in [0.1, 0.15) is 5.60 Å². The van der Waals surface area contributed by atoms with Crippen molar-refractivity contribution in [1.29, 1.82) is 0 Å². The van der Waals surface area contributed by atoms with Gasteiger partial charge in [-0.3, -0.25) is 0 Å². The summed E-state index contributed by atoms with van der Waals surface area (Å²) in [7, 11) is 0. The quantitative estimate of drug-likeness (QED) is 0.689. The molecule has 4 nitrogen and oxygen atoms in total. The van der Waals surface area contributed by atoms with Crippen LogP contribution in [-0.2, 0) is 4.74 Å². The van der Waals surface area contributed by atoms with Crippen molar-refractivity contribution in [3.8, 4) is 0 Å². The first-order chi connectivity index (χ1) is 7.20. The number of hydrogen-bond donors (Lipinski definition) is 1. The van der Waals surface area contributed by atoms with Crippen molar-refractivity contribution in [2.45, 2.75) is 65.3 Å². The summed E-state index contributed by atoms with van der Waals surface area (Å²) in [6.07, 6.45) is -0.208. The zero-order valence-electron chi connectivity index (χ0n) is 11.2. The Bertz CT molecular complexity index is 260. The van der Waals surface area contributed by atoms with Gasteiger partial charge in [-0.1, -0.05) is 0 Å². The van der Waals surface area contributed by atoms with Crippen molar-refractivity contribution in [3.05, 3.63) is 0 Å². The van der Waals surface area contributed by atoms with Gasteiger partial charge in [0.05, 0.1) is 0 Å². The first-order valence-corrected chi connectivity index (χ1v) is 5.96. The van der Waals surface area contributed by atoms with Crippen LogP contribution in [0, 0.1) is 0 Å². The molecule has 1 saturated heterocycles. The highest BCUT2D eigenvalue weighted by Crippen LogP contribution is 2.17. The number of carbonyl (C=O) groups is 1. The molecule has 0 saturated carbocycles. The molecule has 16 heavy (non-hydrogen) atoms. The predicted octanol–water partition coefficient (Wildman–Crippen LogP) is 1.99. The number of piperazine rings is 1. The third-order valence-corrected chi connectivity index (χ3v) is 2.86. The van der Waals surface area contributed by atoms with Gasteiger partial charge in [0.25, 0.3) is 0 Å². The van der Waals surface area contributed by atoms with Crippen LogP contribution in [0.1, 0.15) is 41.5 Å². The van der Waals surface area contributed by atoms with Crippen molar-refractivity contribution in [2.75, 3.05) is 6.54 Å². The monoisotopic (exact) mass is 228 g/mol. The number of nitrogens with one attached hydrogen (secondary N) is 1. The maximum atomic E-state index is 12.0. The first kappa shape index (κ1) is 13.3. The number of ether oxygens (including phenoxy) is 1. The summed E-state index contributed by atoms with van der Waals surface area (Å²) in [6, 6.07) is 0.793. The van der Waals surface area contributed by atoms with Crippen LogP contribution < -0.4 is 5.32 Å². The van der Waals surface area contributed by atoms with E-state index in [2.05, 4.69) is 19.2 Å². The lowest BCUT2D eigenvalue weighted by molar-refractivity contribution is 0.00456.